The van der Waals surface area contributed by atoms with Crippen LogP contribution in [0.4, 0.5) is 11.4 Å². The smallest absolute Gasteiger partial charge is 0.228 e. The van der Waals surface area contributed by atoms with Gasteiger partial charge in [-0.15, -0.1) is 0 Å². The first kappa shape index (κ1) is 16.6. The molecule has 2 aromatic carbocycles. The van der Waals surface area contributed by atoms with Crippen molar-refractivity contribution in [1.29, 1.82) is 0 Å². The van der Waals surface area contributed by atoms with Crippen LogP contribution in [0.25, 0.3) is 10.9 Å². The second kappa shape index (κ2) is 7.09. The molecule has 0 aliphatic rings. The average Bonchev–Trinajstić information content (AvgIpc) is 2.98. The van der Waals surface area contributed by atoms with Crippen molar-refractivity contribution >= 4 is 34.1 Å². The summed E-state index contributed by atoms with van der Waals surface area (Å²) in [6.07, 6.45) is 2.08. The van der Waals surface area contributed by atoms with Gasteiger partial charge in [0.15, 0.2) is 0 Å². The number of fused-ring (bicyclic) bond motifs is 1. The molecule has 0 unspecified atom stereocenters. The van der Waals surface area contributed by atoms with E-state index in [2.05, 4.69) is 15.6 Å². The highest BCUT2D eigenvalue weighted by Gasteiger charge is 2.12. The lowest BCUT2D eigenvalue weighted by molar-refractivity contribution is -0.115. The number of anilines is 2. The lowest BCUT2D eigenvalue weighted by Gasteiger charge is -2.12. The molecular weight excluding hydrogens is 318 g/mol. The van der Waals surface area contributed by atoms with E-state index in [4.69, 9.17) is 4.74 Å². The minimum absolute atomic E-state index is 0.164. The van der Waals surface area contributed by atoms with Crippen molar-refractivity contribution in [2.24, 2.45) is 0 Å². The Morgan fingerprint density at radius 2 is 1.92 bits per heavy atom. The number of para-hydroxylation sites is 1. The molecule has 0 spiro atoms. The minimum atomic E-state index is -0.179. The number of hydrogen-bond acceptors (Lipinski definition) is 3. The normalized spacial score (nSPS) is 10.5. The van der Waals surface area contributed by atoms with Crippen molar-refractivity contribution in [2.45, 2.75) is 13.3 Å². The number of carbonyl (C=O) groups excluding carboxylic acids is 2. The number of benzene rings is 2. The van der Waals surface area contributed by atoms with Gasteiger partial charge in [-0.05, 0) is 29.8 Å². The number of aromatic nitrogens is 1. The van der Waals surface area contributed by atoms with Gasteiger partial charge in [0.25, 0.3) is 0 Å². The van der Waals surface area contributed by atoms with Crippen LogP contribution in [0, 0.1) is 0 Å². The van der Waals surface area contributed by atoms with E-state index in [9.17, 15) is 9.59 Å². The second-order valence-corrected chi connectivity index (χ2v) is 5.68. The van der Waals surface area contributed by atoms with Crippen LogP contribution in [0.2, 0.25) is 0 Å². The van der Waals surface area contributed by atoms with E-state index in [1.54, 1.807) is 18.2 Å². The molecule has 0 saturated heterocycles. The van der Waals surface area contributed by atoms with E-state index < -0.39 is 0 Å². The van der Waals surface area contributed by atoms with Gasteiger partial charge >= 0.3 is 0 Å². The first-order valence-corrected chi connectivity index (χ1v) is 7.87. The Morgan fingerprint density at radius 3 is 2.68 bits per heavy atom. The lowest BCUT2D eigenvalue weighted by atomic mass is 10.1. The predicted octanol–water partition coefficient (Wildman–Crippen LogP) is 3.32. The summed E-state index contributed by atoms with van der Waals surface area (Å²) in [5.74, 6) is 0.186. The molecule has 0 saturated carbocycles. The maximum atomic E-state index is 12.5. The van der Waals surface area contributed by atoms with Crippen LogP contribution < -0.4 is 15.4 Å². The molecule has 6 nitrogen and oxygen atoms in total. The third-order valence-corrected chi connectivity index (χ3v) is 3.82. The number of hydrogen-bond donors (Lipinski definition) is 3. The number of carbonyl (C=O) groups is 2. The van der Waals surface area contributed by atoms with Crippen LogP contribution in [-0.2, 0) is 16.0 Å². The third-order valence-electron chi connectivity index (χ3n) is 3.82. The molecule has 0 atom stereocenters. The Labute approximate surface area is 145 Å². The summed E-state index contributed by atoms with van der Waals surface area (Å²) in [4.78, 5) is 26.8. The maximum Gasteiger partial charge on any atom is 0.228 e. The van der Waals surface area contributed by atoms with Crippen molar-refractivity contribution in [3.05, 3.63) is 54.2 Å². The molecule has 128 valence electrons. The van der Waals surface area contributed by atoms with Crippen molar-refractivity contribution in [2.75, 3.05) is 17.7 Å². The molecule has 0 aliphatic carbocycles. The Hall–Kier alpha value is -3.28. The summed E-state index contributed by atoms with van der Waals surface area (Å²) in [5.41, 5.74) is 3.02. The molecule has 0 aliphatic heterocycles. The highest BCUT2D eigenvalue weighted by molar-refractivity contribution is 5.98. The van der Waals surface area contributed by atoms with Gasteiger partial charge in [0, 0.05) is 29.7 Å². The molecule has 0 fully saturated rings. The Kier molecular flexibility index (Phi) is 4.70. The second-order valence-electron chi connectivity index (χ2n) is 5.68. The van der Waals surface area contributed by atoms with Gasteiger partial charge in [-0.2, -0.15) is 0 Å². The van der Waals surface area contributed by atoms with Crippen LogP contribution >= 0.6 is 0 Å². The highest BCUT2D eigenvalue weighted by atomic mass is 16.5. The number of nitrogens with one attached hydrogen (secondary N) is 3. The fourth-order valence-corrected chi connectivity index (χ4v) is 2.73. The minimum Gasteiger partial charge on any atom is -0.495 e. The van der Waals surface area contributed by atoms with Gasteiger partial charge in [-0.3, -0.25) is 9.59 Å². The number of amides is 2. The standard InChI is InChI=1S/C19H19N3O3/c1-12(23)21-14-7-8-18(25-2)17(10-14)22-19(24)9-13-11-20-16-6-4-3-5-15(13)16/h3-8,10-11,20H,9H2,1-2H3,(H,21,23)(H,22,24). The monoisotopic (exact) mass is 337 g/mol. The van der Waals surface area contributed by atoms with E-state index in [1.165, 1.54) is 14.0 Å². The Morgan fingerprint density at radius 1 is 1.12 bits per heavy atom. The zero-order valence-corrected chi connectivity index (χ0v) is 14.1. The molecule has 0 bridgehead atoms. The van der Waals surface area contributed by atoms with Gasteiger partial charge in [-0.1, -0.05) is 18.2 Å². The molecule has 3 N–H and O–H groups in total. The first-order valence-electron chi connectivity index (χ1n) is 7.87. The Balaban J connectivity index is 1.79. The number of H-pyrrole nitrogens is 1. The predicted molar refractivity (Wildman–Crippen MR) is 97.9 cm³/mol. The summed E-state index contributed by atoms with van der Waals surface area (Å²) in [6.45, 7) is 1.43. The third kappa shape index (κ3) is 3.80. The fraction of sp³-hybridized carbons (Fsp3) is 0.158. The van der Waals surface area contributed by atoms with E-state index in [1.807, 2.05) is 30.5 Å². The summed E-state index contributed by atoms with van der Waals surface area (Å²) >= 11 is 0. The zero-order valence-electron chi connectivity index (χ0n) is 14.1. The zero-order chi connectivity index (χ0) is 17.8. The fourth-order valence-electron chi connectivity index (χ4n) is 2.73. The number of methoxy groups -OCH3 is 1. The Bertz CT molecular complexity index is 931. The molecule has 25 heavy (non-hydrogen) atoms. The van der Waals surface area contributed by atoms with Gasteiger partial charge in [-0.25, -0.2) is 0 Å². The van der Waals surface area contributed by atoms with Crippen LogP contribution in [0.15, 0.2) is 48.7 Å². The van der Waals surface area contributed by atoms with Crippen LogP contribution in [0.5, 0.6) is 5.75 Å². The summed E-state index contributed by atoms with van der Waals surface area (Å²) in [5, 5.41) is 6.56. The number of ether oxygens (including phenoxy) is 1. The molecule has 1 aromatic heterocycles. The summed E-state index contributed by atoms with van der Waals surface area (Å²) < 4.78 is 5.28. The molecule has 3 aromatic rings. The molecule has 3 rings (SSSR count). The summed E-state index contributed by atoms with van der Waals surface area (Å²) in [7, 11) is 1.53. The SMILES string of the molecule is COc1ccc(NC(C)=O)cc1NC(=O)Cc1c[nH]c2ccccc12. The van der Waals surface area contributed by atoms with Gasteiger partial charge < -0.3 is 20.4 Å². The van der Waals surface area contributed by atoms with Crippen molar-refractivity contribution < 1.29 is 14.3 Å². The molecule has 2 amide bonds. The van der Waals surface area contributed by atoms with Crippen molar-refractivity contribution in [3.8, 4) is 5.75 Å². The molecule has 6 heteroatoms. The molecular formula is C19H19N3O3. The van der Waals surface area contributed by atoms with Crippen LogP contribution in [-0.4, -0.2) is 23.9 Å². The first-order chi connectivity index (χ1) is 12.1. The quantitative estimate of drug-likeness (QED) is 0.668. The van der Waals surface area contributed by atoms with Gasteiger partial charge in [0.05, 0.1) is 19.2 Å². The van der Waals surface area contributed by atoms with Gasteiger partial charge in [0.1, 0.15) is 5.75 Å². The molecule has 0 radical (unpaired) electrons. The highest BCUT2D eigenvalue weighted by Crippen LogP contribution is 2.28. The van der Waals surface area contributed by atoms with E-state index >= 15 is 0 Å². The molecule has 1 heterocycles. The number of rotatable bonds is 5. The van der Waals surface area contributed by atoms with Crippen molar-refractivity contribution in [1.82, 2.24) is 4.98 Å². The van der Waals surface area contributed by atoms with E-state index in [0.717, 1.165) is 16.5 Å². The number of aromatic amines is 1. The topological polar surface area (TPSA) is 83.2 Å². The average molecular weight is 337 g/mol. The van der Waals surface area contributed by atoms with E-state index in [-0.39, 0.29) is 18.2 Å². The lowest BCUT2D eigenvalue weighted by Crippen LogP contribution is -2.15. The van der Waals surface area contributed by atoms with Crippen molar-refractivity contribution in [3.63, 3.8) is 0 Å². The van der Waals surface area contributed by atoms with Crippen LogP contribution in [0.1, 0.15) is 12.5 Å². The van der Waals surface area contributed by atoms with Crippen LogP contribution in [0.3, 0.4) is 0 Å². The summed E-state index contributed by atoms with van der Waals surface area (Å²) in [6, 6.07) is 12.9. The largest absolute Gasteiger partial charge is 0.495 e. The van der Waals surface area contributed by atoms with Gasteiger partial charge in [0.2, 0.25) is 11.8 Å². The van der Waals surface area contributed by atoms with E-state index in [0.29, 0.717) is 17.1 Å². The maximum absolute atomic E-state index is 12.5.